The smallest absolute Gasteiger partial charge is 0.170 e. The Kier molecular flexibility index (Phi) is 7.73. The van der Waals surface area contributed by atoms with Crippen LogP contribution in [0.15, 0.2) is 48.5 Å². The highest BCUT2D eigenvalue weighted by atomic mass is 32.1. The molecule has 0 amide bonds. The third-order valence-electron chi connectivity index (χ3n) is 3.93. The van der Waals surface area contributed by atoms with Gasteiger partial charge in [0.1, 0.15) is 5.75 Å². The van der Waals surface area contributed by atoms with Gasteiger partial charge in [0.05, 0.1) is 6.10 Å². The van der Waals surface area contributed by atoms with Crippen LogP contribution < -0.4 is 20.3 Å². The van der Waals surface area contributed by atoms with Crippen molar-refractivity contribution in [3.05, 3.63) is 54.1 Å². The van der Waals surface area contributed by atoms with Crippen LogP contribution in [0.5, 0.6) is 5.75 Å². The molecule has 0 heterocycles. The van der Waals surface area contributed by atoms with Gasteiger partial charge in [0, 0.05) is 31.0 Å². The number of likely N-dealkylation sites (N-methyl/N-ethyl adjacent to an activating group) is 1. The molecule has 0 radical (unpaired) electrons. The number of benzene rings is 2. The lowest BCUT2D eigenvalue weighted by atomic mass is 10.2. The van der Waals surface area contributed by atoms with Crippen LogP contribution in [-0.2, 0) is 0 Å². The quantitative estimate of drug-likeness (QED) is 0.664. The molecular weight excluding hydrogens is 342 g/mol. The predicted octanol–water partition coefficient (Wildman–Crippen LogP) is 4.60. The Bertz CT molecular complexity index is 683. The van der Waals surface area contributed by atoms with Crippen molar-refractivity contribution in [2.75, 3.05) is 29.9 Å². The second-order valence-electron chi connectivity index (χ2n) is 6.49. The van der Waals surface area contributed by atoms with Crippen LogP contribution in [-0.4, -0.2) is 30.9 Å². The van der Waals surface area contributed by atoms with Crippen LogP contribution in [0.4, 0.5) is 11.4 Å². The maximum Gasteiger partial charge on any atom is 0.170 e. The zero-order chi connectivity index (χ0) is 18.9. The summed E-state index contributed by atoms with van der Waals surface area (Å²) in [6.07, 6.45) is 0.173. The van der Waals surface area contributed by atoms with E-state index in [1.165, 1.54) is 11.3 Å². The zero-order valence-electron chi connectivity index (χ0n) is 16.1. The summed E-state index contributed by atoms with van der Waals surface area (Å²) in [4.78, 5) is 2.33. The van der Waals surface area contributed by atoms with E-state index < -0.39 is 0 Å². The van der Waals surface area contributed by atoms with E-state index in [0.29, 0.717) is 5.11 Å². The van der Waals surface area contributed by atoms with Crippen LogP contribution in [0.3, 0.4) is 0 Å². The monoisotopic (exact) mass is 371 g/mol. The molecule has 0 fully saturated rings. The molecule has 0 atom stereocenters. The molecule has 0 spiro atoms. The number of rotatable bonds is 8. The topological polar surface area (TPSA) is 36.5 Å². The summed E-state index contributed by atoms with van der Waals surface area (Å²) in [5.41, 5.74) is 3.46. The summed E-state index contributed by atoms with van der Waals surface area (Å²) in [7, 11) is 0. The summed E-state index contributed by atoms with van der Waals surface area (Å²) in [5.74, 6) is 0.862. The van der Waals surface area contributed by atoms with E-state index in [2.05, 4.69) is 53.6 Å². The van der Waals surface area contributed by atoms with Gasteiger partial charge < -0.3 is 20.3 Å². The van der Waals surface area contributed by atoms with Crippen LogP contribution in [0, 0.1) is 6.92 Å². The molecule has 0 aliphatic carbocycles. The molecule has 0 saturated carbocycles. The molecule has 0 aromatic heterocycles. The zero-order valence-corrected chi connectivity index (χ0v) is 16.9. The first kappa shape index (κ1) is 20.0. The molecular formula is C21H29N3OS. The number of hydrogen-bond acceptors (Lipinski definition) is 3. The van der Waals surface area contributed by atoms with Crippen LogP contribution in [0.25, 0.3) is 0 Å². The molecule has 2 aromatic rings. The van der Waals surface area contributed by atoms with Crippen LogP contribution in [0.1, 0.15) is 26.3 Å². The molecule has 5 heteroatoms. The van der Waals surface area contributed by atoms with Crippen molar-refractivity contribution >= 4 is 28.7 Å². The average molecular weight is 372 g/mol. The lowest BCUT2D eigenvalue weighted by Crippen LogP contribution is -2.36. The number of anilines is 2. The second-order valence-corrected chi connectivity index (χ2v) is 6.90. The van der Waals surface area contributed by atoms with Gasteiger partial charge in [0.2, 0.25) is 0 Å². The Balaban J connectivity index is 1.78. The molecule has 0 aliphatic heterocycles. The summed E-state index contributed by atoms with van der Waals surface area (Å²) >= 11 is 5.39. The first-order valence-electron chi connectivity index (χ1n) is 9.11. The van der Waals surface area contributed by atoms with E-state index >= 15 is 0 Å². The molecule has 0 aliphatic rings. The van der Waals surface area contributed by atoms with E-state index in [0.717, 1.165) is 31.1 Å². The molecule has 4 nitrogen and oxygen atoms in total. The van der Waals surface area contributed by atoms with E-state index in [9.17, 15) is 0 Å². The minimum absolute atomic E-state index is 0.173. The Morgan fingerprint density at radius 3 is 2.31 bits per heavy atom. The largest absolute Gasteiger partial charge is 0.491 e. The van der Waals surface area contributed by atoms with Crippen molar-refractivity contribution in [2.24, 2.45) is 0 Å². The summed E-state index contributed by atoms with van der Waals surface area (Å²) < 4.78 is 5.65. The first-order chi connectivity index (χ1) is 12.5. The lowest BCUT2D eigenvalue weighted by Gasteiger charge is -2.24. The van der Waals surface area contributed by atoms with E-state index in [4.69, 9.17) is 17.0 Å². The standard InChI is InChI=1S/C21H29N3OS/c1-5-24(19-10-6-17(4)7-11-19)15-14-22-21(26)23-18-8-12-20(13-9-18)25-16(2)3/h6-13,16H,5,14-15H2,1-4H3,(H2,22,23,26). The highest BCUT2D eigenvalue weighted by Gasteiger charge is 2.05. The molecule has 140 valence electrons. The van der Waals surface area contributed by atoms with Gasteiger partial charge >= 0.3 is 0 Å². The van der Waals surface area contributed by atoms with Gasteiger partial charge in [-0.05, 0) is 76.3 Å². The van der Waals surface area contributed by atoms with Crippen LogP contribution >= 0.6 is 12.2 Å². The fourth-order valence-electron chi connectivity index (χ4n) is 2.59. The highest BCUT2D eigenvalue weighted by Crippen LogP contribution is 2.17. The van der Waals surface area contributed by atoms with E-state index in [1.807, 2.05) is 38.1 Å². The fourth-order valence-corrected chi connectivity index (χ4v) is 2.81. The van der Waals surface area contributed by atoms with Crippen molar-refractivity contribution in [2.45, 2.75) is 33.8 Å². The Morgan fingerprint density at radius 2 is 1.73 bits per heavy atom. The van der Waals surface area contributed by atoms with E-state index in [-0.39, 0.29) is 6.10 Å². The minimum Gasteiger partial charge on any atom is -0.491 e. The highest BCUT2D eigenvalue weighted by molar-refractivity contribution is 7.80. The fraction of sp³-hybridized carbons (Fsp3) is 0.381. The van der Waals surface area contributed by atoms with E-state index in [1.54, 1.807) is 0 Å². The van der Waals surface area contributed by atoms with Gasteiger partial charge in [-0.1, -0.05) is 17.7 Å². The van der Waals surface area contributed by atoms with Crippen molar-refractivity contribution in [3.8, 4) is 5.75 Å². The normalized spacial score (nSPS) is 10.5. The van der Waals surface area contributed by atoms with Gasteiger partial charge in [0.25, 0.3) is 0 Å². The number of thiocarbonyl (C=S) groups is 1. The van der Waals surface area contributed by atoms with Gasteiger partial charge in [-0.2, -0.15) is 0 Å². The van der Waals surface area contributed by atoms with Crippen LogP contribution in [0.2, 0.25) is 0 Å². The molecule has 2 N–H and O–H groups in total. The number of hydrogen-bond donors (Lipinski definition) is 2. The van der Waals surface area contributed by atoms with Crippen molar-refractivity contribution in [3.63, 3.8) is 0 Å². The second kappa shape index (κ2) is 10.0. The molecule has 2 aromatic carbocycles. The molecule has 0 bridgehead atoms. The number of aryl methyl sites for hydroxylation is 1. The lowest BCUT2D eigenvalue weighted by molar-refractivity contribution is 0.242. The molecule has 0 unspecified atom stereocenters. The summed E-state index contributed by atoms with van der Waals surface area (Å²) in [6, 6.07) is 16.4. The summed E-state index contributed by atoms with van der Waals surface area (Å²) in [6.45, 7) is 10.9. The Hall–Kier alpha value is -2.27. The third kappa shape index (κ3) is 6.56. The number of ether oxygens (including phenoxy) is 1. The molecule has 2 rings (SSSR count). The predicted molar refractivity (Wildman–Crippen MR) is 115 cm³/mol. The van der Waals surface area contributed by atoms with Gasteiger partial charge in [-0.3, -0.25) is 0 Å². The molecule has 0 saturated heterocycles. The SMILES string of the molecule is CCN(CCNC(=S)Nc1ccc(OC(C)C)cc1)c1ccc(C)cc1. The van der Waals surface area contributed by atoms with Gasteiger partial charge in [-0.25, -0.2) is 0 Å². The number of nitrogens with one attached hydrogen (secondary N) is 2. The summed E-state index contributed by atoms with van der Waals surface area (Å²) in [5, 5.41) is 7.11. The van der Waals surface area contributed by atoms with Crippen molar-refractivity contribution < 1.29 is 4.74 Å². The van der Waals surface area contributed by atoms with Crippen molar-refractivity contribution in [1.29, 1.82) is 0 Å². The van der Waals surface area contributed by atoms with Gasteiger partial charge in [-0.15, -0.1) is 0 Å². The third-order valence-corrected chi connectivity index (χ3v) is 4.18. The Morgan fingerprint density at radius 1 is 1.08 bits per heavy atom. The minimum atomic E-state index is 0.173. The maximum absolute atomic E-state index is 5.65. The first-order valence-corrected chi connectivity index (χ1v) is 9.52. The average Bonchev–Trinajstić information content (AvgIpc) is 2.61. The number of nitrogens with zero attached hydrogens (tertiary/aromatic N) is 1. The molecule has 26 heavy (non-hydrogen) atoms. The van der Waals surface area contributed by atoms with Crippen molar-refractivity contribution in [1.82, 2.24) is 5.32 Å². The maximum atomic E-state index is 5.65. The Labute approximate surface area is 162 Å². The van der Waals surface area contributed by atoms with Gasteiger partial charge in [0.15, 0.2) is 5.11 Å².